The van der Waals surface area contributed by atoms with Crippen molar-refractivity contribution in [2.45, 2.75) is 46.2 Å². The van der Waals surface area contributed by atoms with E-state index < -0.39 is 0 Å². The Morgan fingerprint density at radius 3 is 2.68 bits per heavy atom. The van der Waals surface area contributed by atoms with Crippen LogP contribution >= 0.6 is 11.6 Å². The van der Waals surface area contributed by atoms with E-state index >= 15 is 0 Å². The number of carbonyl (C=O) groups excluding carboxylic acids is 1. The van der Waals surface area contributed by atoms with E-state index in [0.717, 1.165) is 30.1 Å². The van der Waals surface area contributed by atoms with E-state index in [0.29, 0.717) is 5.02 Å². The van der Waals surface area contributed by atoms with Crippen molar-refractivity contribution >= 4 is 17.5 Å². The van der Waals surface area contributed by atoms with Crippen LogP contribution in [0.2, 0.25) is 5.02 Å². The summed E-state index contributed by atoms with van der Waals surface area (Å²) in [5, 5.41) is 7.94. The number of aromatic nitrogens is 4. The second kappa shape index (κ2) is 6.96. The molecule has 2 aromatic rings. The normalized spacial score (nSPS) is 12.4. The third-order valence-corrected chi connectivity index (χ3v) is 4.22. The number of hydrogen-bond donors (Lipinski definition) is 1. The molecule has 7 heteroatoms. The Balaban J connectivity index is 2.08. The number of nitrogens with one attached hydrogen (secondary N) is 1. The molecule has 0 saturated heterocycles. The fraction of sp³-hybridized carbons (Fsp3) is 0.533. The minimum Gasteiger partial charge on any atom is -0.345 e. The lowest BCUT2D eigenvalue weighted by atomic mass is 10.1. The van der Waals surface area contributed by atoms with Crippen LogP contribution in [-0.4, -0.2) is 25.2 Å². The molecular weight excluding hydrogens is 302 g/mol. The second-order valence-corrected chi connectivity index (χ2v) is 5.83. The van der Waals surface area contributed by atoms with Gasteiger partial charge in [-0.1, -0.05) is 24.9 Å². The van der Waals surface area contributed by atoms with Crippen LogP contribution in [0.3, 0.4) is 0 Å². The highest BCUT2D eigenvalue weighted by atomic mass is 35.5. The smallest absolute Gasteiger partial charge is 0.242 e. The molecule has 0 aliphatic heterocycles. The molecule has 1 amide bonds. The Morgan fingerprint density at radius 1 is 1.45 bits per heavy atom. The van der Waals surface area contributed by atoms with Crippen molar-refractivity contribution in [2.75, 3.05) is 0 Å². The van der Waals surface area contributed by atoms with Gasteiger partial charge in [-0.05, 0) is 20.3 Å². The number of hydrogen-bond acceptors (Lipinski definition) is 3. The number of aryl methyl sites for hydroxylation is 2. The summed E-state index contributed by atoms with van der Waals surface area (Å²) in [5.41, 5.74) is 1.54. The Bertz CT molecular complexity index is 661. The van der Waals surface area contributed by atoms with E-state index in [1.807, 2.05) is 31.7 Å². The molecule has 2 aromatic heterocycles. The van der Waals surface area contributed by atoms with E-state index in [4.69, 9.17) is 11.6 Å². The first-order valence-corrected chi connectivity index (χ1v) is 7.77. The zero-order valence-corrected chi connectivity index (χ0v) is 14.2. The summed E-state index contributed by atoms with van der Waals surface area (Å²) in [6.07, 6.45) is 5.42. The summed E-state index contributed by atoms with van der Waals surface area (Å²) in [4.78, 5) is 16.7. The van der Waals surface area contributed by atoms with Crippen LogP contribution in [0, 0.1) is 13.8 Å². The maximum absolute atomic E-state index is 12.3. The van der Waals surface area contributed by atoms with Gasteiger partial charge >= 0.3 is 0 Å². The number of halogens is 1. The first-order chi connectivity index (χ1) is 10.4. The van der Waals surface area contributed by atoms with Gasteiger partial charge in [0, 0.05) is 19.4 Å². The predicted molar refractivity (Wildman–Crippen MR) is 85.7 cm³/mol. The summed E-state index contributed by atoms with van der Waals surface area (Å²) in [7, 11) is 1.93. The fourth-order valence-corrected chi connectivity index (χ4v) is 2.61. The van der Waals surface area contributed by atoms with Crippen molar-refractivity contribution in [3.8, 4) is 0 Å². The molecule has 0 saturated carbocycles. The van der Waals surface area contributed by atoms with Gasteiger partial charge in [-0.2, -0.15) is 5.10 Å². The number of carbonyl (C=O) groups is 1. The molecule has 0 aromatic carbocycles. The molecule has 0 fully saturated rings. The molecule has 0 aliphatic rings. The van der Waals surface area contributed by atoms with Crippen LogP contribution in [0.5, 0.6) is 0 Å². The van der Waals surface area contributed by atoms with Crippen molar-refractivity contribution in [2.24, 2.45) is 7.05 Å². The highest BCUT2D eigenvalue weighted by Crippen LogP contribution is 2.19. The Kier molecular flexibility index (Phi) is 5.24. The average molecular weight is 324 g/mol. The number of amides is 1. The van der Waals surface area contributed by atoms with Gasteiger partial charge in [0.2, 0.25) is 5.91 Å². The molecule has 2 heterocycles. The largest absolute Gasteiger partial charge is 0.345 e. The molecule has 0 radical (unpaired) electrons. The maximum atomic E-state index is 12.3. The van der Waals surface area contributed by atoms with Crippen molar-refractivity contribution in [3.63, 3.8) is 0 Å². The Morgan fingerprint density at radius 2 is 2.18 bits per heavy atom. The first-order valence-electron chi connectivity index (χ1n) is 7.40. The summed E-state index contributed by atoms with van der Waals surface area (Å²) in [5.74, 6) is 0.769. The van der Waals surface area contributed by atoms with Crippen molar-refractivity contribution in [1.82, 2.24) is 24.6 Å². The van der Waals surface area contributed by atoms with Gasteiger partial charge in [0.05, 0.1) is 22.5 Å². The minimum absolute atomic E-state index is 0.0927. The molecule has 22 heavy (non-hydrogen) atoms. The van der Waals surface area contributed by atoms with Crippen molar-refractivity contribution < 1.29 is 4.79 Å². The van der Waals surface area contributed by atoms with Crippen LogP contribution in [0.25, 0.3) is 0 Å². The zero-order chi connectivity index (χ0) is 16.3. The van der Waals surface area contributed by atoms with Crippen LogP contribution in [-0.2, 0) is 18.4 Å². The fourth-order valence-electron chi connectivity index (χ4n) is 2.47. The van der Waals surface area contributed by atoms with Crippen LogP contribution in [0.4, 0.5) is 0 Å². The molecule has 0 unspecified atom stereocenters. The topological polar surface area (TPSA) is 64.7 Å². The zero-order valence-electron chi connectivity index (χ0n) is 13.4. The maximum Gasteiger partial charge on any atom is 0.242 e. The molecule has 1 N–H and O–H groups in total. The van der Waals surface area contributed by atoms with Gasteiger partial charge in [-0.25, -0.2) is 4.98 Å². The number of imidazole rings is 1. The lowest BCUT2D eigenvalue weighted by Gasteiger charge is -2.18. The van der Waals surface area contributed by atoms with Crippen molar-refractivity contribution in [1.29, 1.82) is 0 Å². The molecule has 0 spiro atoms. The molecule has 120 valence electrons. The van der Waals surface area contributed by atoms with E-state index in [1.54, 1.807) is 10.9 Å². The Labute approximate surface area is 135 Å². The average Bonchev–Trinajstić information content (AvgIpc) is 2.99. The highest BCUT2D eigenvalue weighted by molar-refractivity contribution is 6.31. The molecule has 1 atom stereocenters. The summed E-state index contributed by atoms with van der Waals surface area (Å²) in [6.45, 7) is 5.93. The van der Waals surface area contributed by atoms with Gasteiger partial charge in [-0.3, -0.25) is 9.48 Å². The predicted octanol–water partition coefficient (Wildman–Crippen LogP) is 2.54. The van der Waals surface area contributed by atoms with E-state index in [-0.39, 0.29) is 18.5 Å². The van der Waals surface area contributed by atoms with E-state index in [2.05, 4.69) is 22.3 Å². The standard InChI is InChI=1S/C15H22ClN5O/c1-5-6-12(15-17-7-8-20(15)4)18-13(22)9-21-11(3)14(16)10(2)19-21/h7-8,12H,5-6,9H2,1-4H3,(H,18,22)/t12-/m0/s1. The quantitative estimate of drug-likeness (QED) is 0.888. The SMILES string of the molecule is CCC[C@H](NC(=O)Cn1nc(C)c(Cl)c1C)c1nccn1C. The van der Waals surface area contributed by atoms with E-state index in [9.17, 15) is 4.79 Å². The Hall–Kier alpha value is -1.82. The molecule has 6 nitrogen and oxygen atoms in total. The van der Waals surface area contributed by atoms with Crippen molar-refractivity contribution in [3.05, 3.63) is 34.6 Å². The van der Waals surface area contributed by atoms with Crippen LogP contribution in [0.1, 0.15) is 43.0 Å². The molecule has 2 rings (SSSR count). The first kappa shape index (κ1) is 16.5. The van der Waals surface area contributed by atoms with Gasteiger partial charge < -0.3 is 9.88 Å². The molecule has 0 bridgehead atoms. The minimum atomic E-state index is -0.0938. The molecular formula is C15H22ClN5O. The lowest BCUT2D eigenvalue weighted by Crippen LogP contribution is -2.33. The summed E-state index contributed by atoms with van der Waals surface area (Å²) in [6, 6.07) is -0.0927. The monoisotopic (exact) mass is 323 g/mol. The van der Waals surface area contributed by atoms with Gasteiger partial charge in [0.1, 0.15) is 12.4 Å². The van der Waals surface area contributed by atoms with Crippen LogP contribution in [0.15, 0.2) is 12.4 Å². The van der Waals surface area contributed by atoms with Gasteiger partial charge in [-0.15, -0.1) is 0 Å². The lowest BCUT2D eigenvalue weighted by molar-refractivity contribution is -0.122. The van der Waals surface area contributed by atoms with E-state index in [1.165, 1.54) is 0 Å². The third-order valence-electron chi connectivity index (χ3n) is 3.67. The highest BCUT2D eigenvalue weighted by Gasteiger charge is 2.19. The molecule has 0 aliphatic carbocycles. The number of rotatable bonds is 6. The number of nitrogens with zero attached hydrogens (tertiary/aromatic N) is 4. The van der Waals surface area contributed by atoms with Crippen LogP contribution < -0.4 is 5.32 Å². The summed E-state index contributed by atoms with van der Waals surface area (Å²) >= 11 is 6.11. The van der Waals surface area contributed by atoms with Gasteiger partial charge in [0.25, 0.3) is 0 Å². The second-order valence-electron chi connectivity index (χ2n) is 5.45. The third kappa shape index (κ3) is 3.50. The summed E-state index contributed by atoms with van der Waals surface area (Å²) < 4.78 is 3.56. The van der Waals surface area contributed by atoms with Gasteiger partial charge in [0.15, 0.2) is 0 Å².